The summed E-state index contributed by atoms with van der Waals surface area (Å²) in [6.07, 6.45) is 4.29. The topological polar surface area (TPSA) is 0 Å². The molecule has 7 heavy (non-hydrogen) atoms. The first-order chi connectivity index (χ1) is 3.41. The quantitative estimate of drug-likeness (QED) is 0.501. The fourth-order valence-electron chi connectivity index (χ4n) is 0.521. The Morgan fingerprint density at radius 1 is 1.43 bits per heavy atom. The van der Waals surface area contributed by atoms with Gasteiger partial charge in [0.25, 0.3) is 0 Å². The predicted octanol–water partition coefficient (Wildman–Crippen LogP) is 2.99. The van der Waals surface area contributed by atoms with E-state index < -0.39 is 0 Å². The Labute approximate surface area is 60.0 Å². The van der Waals surface area contributed by atoms with Crippen molar-refractivity contribution in [3.05, 3.63) is 0 Å². The second-order valence-corrected chi connectivity index (χ2v) is 8.15. The van der Waals surface area contributed by atoms with Gasteiger partial charge in [0.1, 0.15) is 0 Å². The molecule has 0 aromatic carbocycles. The third-order valence-corrected chi connectivity index (χ3v) is 5.51. The van der Waals surface area contributed by atoms with E-state index in [1.165, 1.54) is 24.3 Å². The van der Waals surface area contributed by atoms with Gasteiger partial charge in [0.15, 0.2) is 0 Å². The molecule has 0 aliphatic carbocycles. The number of hydrogen-bond acceptors (Lipinski definition) is 0. The molecule has 0 rings (SSSR count). The first kappa shape index (κ1) is 8.10. The zero-order valence-corrected chi connectivity index (χ0v) is 9.47. The van der Waals surface area contributed by atoms with E-state index in [4.69, 9.17) is 0 Å². The zero-order valence-electron chi connectivity index (χ0n) is 4.91. The molecule has 0 atom stereocenters. The molecule has 0 aliphatic heterocycles. The monoisotopic (exact) mass is 214 g/mol. The van der Waals surface area contributed by atoms with Crippen molar-refractivity contribution in [1.29, 1.82) is 0 Å². The van der Waals surface area contributed by atoms with E-state index in [0.29, 0.717) is 0 Å². The number of unbranched alkanes of at least 4 members (excludes halogenated alkanes) is 2. The van der Waals surface area contributed by atoms with Crippen LogP contribution in [0.1, 0.15) is 26.2 Å². The van der Waals surface area contributed by atoms with Crippen LogP contribution >= 0.6 is 13.6 Å². The van der Waals surface area contributed by atoms with Crippen molar-refractivity contribution >= 4 is 13.6 Å². The Morgan fingerprint density at radius 3 is 2.57 bits per heavy atom. The normalized spacial score (nSPS) is 8.29. The van der Waals surface area contributed by atoms with Crippen LogP contribution in [0.5, 0.6) is 0 Å². The Kier molecular flexibility index (Phi) is 8.22. The van der Waals surface area contributed by atoms with Crippen LogP contribution in [-0.2, 0) is 15.2 Å². The van der Waals surface area contributed by atoms with Gasteiger partial charge in [-0.2, -0.15) is 0 Å². The fraction of sp³-hybridized carbons (Fsp3) is 1.00. The van der Waals surface area contributed by atoms with Crippen LogP contribution in [0.15, 0.2) is 0 Å². The zero-order chi connectivity index (χ0) is 5.54. The van der Waals surface area contributed by atoms with Gasteiger partial charge in [0.2, 0.25) is 0 Å². The molecule has 0 spiro atoms. The molecular formula is C5H11BrZn. The molecule has 0 aromatic rings. The third kappa shape index (κ3) is 7.10. The molecule has 0 amide bonds. The van der Waals surface area contributed by atoms with E-state index in [2.05, 4.69) is 20.5 Å². The summed E-state index contributed by atoms with van der Waals surface area (Å²) >= 11 is 3.43. The van der Waals surface area contributed by atoms with E-state index in [-0.39, 0.29) is 15.2 Å². The van der Waals surface area contributed by atoms with Crippen LogP contribution in [0.2, 0.25) is 5.02 Å². The average Bonchev–Trinajstić information content (AvgIpc) is 1.69. The van der Waals surface area contributed by atoms with Crippen molar-refractivity contribution in [2.75, 3.05) is 0 Å². The van der Waals surface area contributed by atoms with Crippen molar-refractivity contribution in [2.45, 2.75) is 31.2 Å². The molecule has 0 radical (unpaired) electrons. The van der Waals surface area contributed by atoms with Crippen LogP contribution in [-0.4, -0.2) is 0 Å². The second-order valence-electron chi connectivity index (χ2n) is 1.75. The summed E-state index contributed by atoms with van der Waals surface area (Å²) in [7, 11) is 0. The van der Waals surface area contributed by atoms with Crippen molar-refractivity contribution in [3.8, 4) is 0 Å². The summed E-state index contributed by atoms with van der Waals surface area (Å²) in [4.78, 5) is 0. The molecule has 2 heteroatoms. The van der Waals surface area contributed by atoms with E-state index in [0.717, 1.165) is 0 Å². The van der Waals surface area contributed by atoms with Gasteiger partial charge in [-0.05, 0) is 0 Å². The Balaban J connectivity index is 2.45. The fourth-order valence-corrected chi connectivity index (χ4v) is 3.72. The molecule has 0 bridgehead atoms. The van der Waals surface area contributed by atoms with E-state index in [1.807, 2.05) is 0 Å². The molecule has 0 nitrogen and oxygen atoms in total. The molecule has 0 aliphatic rings. The number of halogens is 1. The first-order valence-electron chi connectivity index (χ1n) is 2.97. The van der Waals surface area contributed by atoms with Crippen LogP contribution in [0.4, 0.5) is 0 Å². The molecule has 0 saturated carbocycles. The molecule has 40 valence electrons. The first-order valence-corrected chi connectivity index (χ1v) is 12.0. The van der Waals surface area contributed by atoms with Gasteiger partial charge in [-0.25, -0.2) is 0 Å². The summed E-state index contributed by atoms with van der Waals surface area (Å²) in [5, 5.41) is 1.53. The molecule has 0 saturated heterocycles. The Morgan fingerprint density at radius 2 is 2.14 bits per heavy atom. The maximum absolute atomic E-state index is 3.57. The number of hydrogen-bond donors (Lipinski definition) is 0. The van der Waals surface area contributed by atoms with Crippen molar-refractivity contribution in [2.24, 2.45) is 0 Å². The third-order valence-electron chi connectivity index (χ3n) is 0.987. The Bertz CT molecular complexity index is 27.3. The summed E-state index contributed by atoms with van der Waals surface area (Å²) in [5.41, 5.74) is 0. The minimum atomic E-state index is -0.132. The van der Waals surface area contributed by atoms with Crippen LogP contribution in [0.25, 0.3) is 0 Å². The van der Waals surface area contributed by atoms with E-state index in [1.54, 1.807) is 0 Å². The van der Waals surface area contributed by atoms with Gasteiger partial charge in [-0.3, -0.25) is 0 Å². The van der Waals surface area contributed by atoms with Crippen LogP contribution < -0.4 is 0 Å². The summed E-state index contributed by atoms with van der Waals surface area (Å²) in [6, 6.07) is 0. The van der Waals surface area contributed by atoms with Crippen molar-refractivity contribution in [1.82, 2.24) is 0 Å². The molecule has 0 aromatic heterocycles. The molecule has 0 fully saturated rings. The van der Waals surface area contributed by atoms with Crippen molar-refractivity contribution < 1.29 is 15.2 Å². The van der Waals surface area contributed by atoms with E-state index in [9.17, 15) is 0 Å². The minimum absolute atomic E-state index is 0.132. The summed E-state index contributed by atoms with van der Waals surface area (Å²) < 4.78 is 0. The van der Waals surface area contributed by atoms with Gasteiger partial charge in [-0.15, -0.1) is 0 Å². The average molecular weight is 216 g/mol. The Hall–Kier alpha value is 1.10. The van der Waals surface area contributed by atoms with Crippen molar-refractivity contribution in [3.63, 3.8) is 0 Å². The molecule has 0 unspecified atom stereocenters. The summed E-state index contributed by atoms with van der Waals surface area (Å²) in [6.45, 7) is 2.25. The molecule has 0 N–H and O–H groups in total. The second kappa shape index (κ2) is 7.10. The molecule has 0 heterocycles. The standard InChI is InChI=1S/C5H11.BrH.Zn/c1-3-5-4-2;;/h1,3-5H2,2H3;1H;/q;;+1/p-1. The van der Waals surface area contributed by atoms with Gasteiger partial charge < -0.3 is 0 Å². The predicted molar refractivity (Wildman–Crippen MR) is 33.3 cm³/mol. The van der Waals surface area contributed by atoms with Gasteiger partial charge in [0, 0.05) is 0 Å². The maximum atomic E-state index is 3.57. The van der Waals surface area contributed by atoms with Crippen LogP contribution in [0, 0.1) is 0 Å². The van der Waals surface area contributed by atoms with Gasteiger partial charge >= 0.3 is 60.0 Å². The van der Waals surface area contributed by atoms with Gasteiger partial charge in [0.05, 0.1) is 0 Å². The van der Waals surface area contributed by atoms with Crippen LogP contribution in [0.3, 0.4) is 0 Å². The number of rotatable bonds is 4. The summed E-state index contributed by atoms with van der Waals surface area (Å²) in [5.74, 6) is 0. The SMILES string of the molecule is CCCC[CH2][Zn][Br]. The molecular weight excluding hydrogens is 205 g/mol. The van der Waals surface area contributed by atoms with Gasteiger partial charge in [-0.1, -0.05) is 0 Å². The van der Waals surface area contributed by atoms with E-state index >= 15 is 0 Å².